The molecule has 4 fully saturated rings. The Kier molecular flexibility index (Phi) is 11.6. The highest BCUT2D eigenvalue weighted by molar-refractivity contribution is 14.1. The highest BCUT2D eigenvalue weighted by atomic mass is 127. The van der Waals surface area contributed by atoms with Gasteiger partial charge in [0.05, 0.1) is 50.7 Å². The molecule has 0 bridgehead atoms. The molecule has 4 aliphatic rings. The van der Waals surface area contributed by atoms with Crippen LogP contribution in [0.15, 0.2) is 24.3 Å². The molecule has 0 radical (unpaired) electrons. The summed E-state index contributed by atoms with van der Waals surface area (Å²) in [4.78, 5) is 10.6. The second-order valence-electron chi connectivity index (χ2n) is 10.1. The molecule has 39 heavy (non-hydrogen) atoms. The van der Waals surface area contributed by atoms with E-state index in [4.69, 9.17) is 14.6 Å². The summed E-state index contributed by atoms with van der Waals surface area (Å²) in [5, 5.41) is 28.0. The maximum absolute atomic E-state index is 12.9. The molecule has 0 spiro atoms. The molecule has 0 amide bonds. The topological polar surface area (TPSA) is 124 Å². The van der Waals surface area contributed by atoms with Gasteiger partial charge in [0, 0.05) is 39.4 Å². The average Bonchev–Trinajstić information content (AvgIpc) is 3.88. The predicted octanol–water partition coefficient (Wildman–Crippen LogP) is 2.83. The number of hydrogen-bond donors (Lipinski definition) is 5. The van der Waals surface area contributed by atoms with Crippen LogP contribution in [-0.4, -0.2) is 97.1 Å². The molecule has 13 heteroatoms. The summed E-state index contributed by atoms with van der Waals surface area (Å²) in [5.74, 6) is 1.86. The Bertz CT molecular complexity index is 1030. The molecule has 2 aliphatic carbocycles. The fraction of sp³-hybridized carbons (Fsp3) is 0.615. The van der Waals surface area contributed by atoms with Crippen molar-refractivity contribution < 1.29 is 24.1 Å². The zero-order valence-electron chi connectivity index (χ0n) is 21.9. The van der Waals surface area contributed by atoms with E-state index in [1.807, 2.05) is 28.7 Å². The summed E-state index contributed by atoms with van der Waals surface area (Å²) >= 11 is 4.34. The molecular formula is C26H37FI2N6O4. The van der Waals surface area contributed by atoms with Gasteiger partial charge in [-0.15, -0.1) is 0 Å². The van der Waals surface area contributed by atoms with E-state index < -0.39 is 5.95 Å². The summed E-state index contributed by atoms with van der Waals surface area (Å²) in [5.41, 5.74) is -0.371. The van der Waals surface area contributed by atoms with Crippen LogP contribution in [0.2, 0.25) is 0 Å². The number of halogens is 3. The van der Waals surface area contributed by atoms with Crippen molar-refractivity contribution in [1.82, 2.24) is 15.3 Å². The van der Waals surface area contributed by atoms with Crippen molar-refractivity contribution in [3.8, 4) is 0 Å². The fourth-order valence-corrected chi connectivity index (χ4v) is 5.16. The Balaban J connectivity index is 0.000000154. The normalized spacial score (nSPS) is 20.5. The predicted molar refractivity (Wildman–Crippen MR) is 166 cm³/mol. The quantitative estimate of drug-likeness (QED) is 0.212. The third-order valence-corrected chi connectivity index (χ3v) is 8.06. The maximum atomic E-state index is 12.9. The first kappa shape index (κ1) is 30.8. The van der Waals surface area contributed by atoms with Crippen LogP contribution in [0, 0.1) is 13.1 Å². The lowest BCUT2D eigenvalue weighted by Gasteiger charge is -2.28. The number of ether oxygens (including phenoxy) is 2. The SMILES string of the molecule is C1COCCN1.OCC1(Nc2cc(I)cc(F)n2)CC1.OCC1(Nc2cc(I)cc(N3CCOCC3)n2)CC1. The fourth-order valence-electron chi connectivity index (χ4n) is 4.04. The zero-order chi connectivity index (χ0) is 27.7. The zero-order valence-corrected chi connectivity index (χ0v) is 26.2. The van der Waals surface area contributed by atoms with E-state index in [-0.39, 0.29) is 24.3 Å². The minimum absolute atomic E-state index is 0.0712. The third kappa shape index (κ3) is 10.0. The molecule has 216 valence electrons. The Hall–Kier alpha value is -1.11. The largest absolute Gasteiger partial charge is 0.394 e. The number of aromatic nitrogens is 2. The molecule has 2 aromatic heterocycles. The lowest BCUT2D eigenvalue weighted by molar-refractivity contribution is 0.109. The number of rotatable bonds is 7. The molecule has 2 aliphatic heterocycles. The molecule has 2 saturated carbocycles. The second kappa shape index (κ2) is 14.7. The summed E-state index contributed by atoms with van der Waals surface area (Å²) in [6.45, 7) is 7.37. The summed E-state index contributed by atoms with van der Waals surface area (Å²) in [6.07, 6.45) is 3.86. The lowest BCUT2D eigenvalue weighted by atomic mass is 10.3. The first-order chi connectivity index (χ1) is 18.8. The number of anilines is 3. The van der Waals surface area contributed by atoms with Crippen molar-refractivity contribution >= 4 is 62.6 Å². The van der Waals surface area contributed by atoms with Crippen LogP contribution in [0.5, 0.6) is 0 Å². The Morgan fingerprint density at radius 2 is 1.33 bits per heavy atom. The molecule has 0 unspecified atom stereocenters. The van der Waals surface area contributed by atoms with E-state index in [0.29, 0.717) is 5.82 Å². The van der Waals surface area contributed by atoms with Gasteiger partial charge >= 0.3 is 0 Å². The van der Waals surface area contributed by atoms with Gasteiger partial charge in [-0.3, -0.25) is 0 Å². The molecule has 0 atom stereocenters. The van der Waals surface area contributed by atoms with E-state index in [0.717, 1.165) is 97.1 Å². The number of aliphatic hydroxyl groups is 2. The van der Waals surface area contributed by atoms with E-state index >= 15 is 0 Å². The third-order valence-electron chi connectivity index (χ3n) is 6.82. The first-order valence-electron chi connectivity index (χ1n) is 13.2. The number of hydrogen-bond acceptors (Lipinski definition) is 10. The molecule has 6 rings (SSSR count). The number of nitrogens with one attached hydrogen (secondary N) is 3. The van der Waals surface area contributed by atoms with E-state index in [2.05, 4.69) is 59.5 Å². The van der Waals surface area contributed by atoms with Gasteiger partial charge in [-0.1, -0.05) is 0 Å². The Labute approximate surface area is 256 Å². The van der Waals surface area contributed by atoms with E-state index in [1.54, 1.807) is 6.07 Å². The minimum atomic E-state index is -0.492. The standard InChI is InChI=1S/C13H18IN3O2.C9H10FIN2O.C4H9NO/c14-10-7-11(16-13(9-18)1-2-13)15-12(8-10)17-3-5-19-6-4-17;10-7-3-6(11)4-8(12-7)13-9(5-14)1-2-9;1-3-6-4-2-5-1/h7-8,18H,1-6,9H2,(H,15,16);3-4,14H,1-2,5H2,(H,12,13);5H,1-4H2. The van der Waals surface area contributed by atoms with Gasteiger partial charge in [0.25, 0.3) is 0 Å². The molecular weight excluding hydrogens is 733 g/mol. The van der Waals surface area contributed by atoms with Crippen LogP contribution in [0.1, 0.15) is 25.7 Å². The van der Waals surface area contributed by atoms with Gasteiger partial charge < -0.3 is 40.5 Å². The number of nitrogens with zero attached hydrogens (tertiary/aromatic N) is 3. The van der Waals surface area contributed by atoms with Gasteiger partial charge in [0.15, 0.2) is 0 Å². The summed E-state index contributed by atoms with van der Waals surface area (Å²) < 4.78 is 25.2. The minimum Gasteiger partial charge on any atom is -0.394 e. The molecule has 2 saturated heterocycles. The molecule has 10 nitrogen and oxygen atoms in total. The highest BCUT2D eigenvalue weighted by Crippen LogP contribution is 2.39. The van der Waals surface area contributed by atoms with E-state index in [9.17, 15) is 9.50 Å². The molecule has 2 aromatic rings. The molecule has 0 aromatic carbocycles. The average molecular weight is 770 g/mol. The van der Waals surface area contributed by atoms with Crippen LogP contribution >= 0.6 is 45.2 Å². The van der Waals surface area contributed by atoms with Gasteiger partial charge in [0.1, 0.15) is 17.5 Å². The van der Waals surface area contributed by atoms with Crippen molar-refractivity contribution in [2.75, 3.05) is 81.4 Å². The van der Waals surface area contributed by atoms with Crippen LogP contribution in [-0.2, 0) is 9.47 Å². The van der Waals surface area contributed by atoms with Crippen LogP contribution in [0.3, 0.4) is 0 Å². The van der Waals surface area contributed by atoms with Crippen molar-refractivity contribution in [2.45, 2.75) is 36.8 Å². The van der Waals surface area contributed by atoms with Gasteiger partial charge in [-0.2, -0.15) is 4.39 Å². The summed E-state index contributed by atoms with van der Waals surface area (Å²) in [7, 11) is 0. The Morgan fingerprint density at radius 1 is 0.821 bits per heavy atom. The van der Waals surface area contributed by atoms with E-state index in [1.165, 1.54) is 6.07 Å². The van der Waals surface area contributed by atoms with Gasteiger partial charge in [0.2, 0.25) is 5.95 Å². The van der Waals surface area contributed by atoms with Gasteiger partial charge in [-0.05, 0) is 89.1 Å². The Morgan fingerprint density at radius 3 is 1.77 bits per heavy atom. The van der Waals surface area contributed by atoms with Crippen molar-refractivity contribution in [1.29, 1.82) is 0 Å². The van der Waals surface area contributed by atoms with Crippen molar-refractivity contribution in [3.05, 3.63) is 37.4 Å². The smallest absolute Gasteiger partial charge is 0.215 e. The first-order valence-corrected chi connectivity index (χ1v) is 15.4. The number of pyridine rings is 2. The number of aliphatic hydroxyl groups excluding tert-OH is 2. The second-order valence-corrected chi connectivity index (χ2v) is 12.6. The number of morpholine rings is 2. The lowest BCUT2D eigenvalue weighted by Crippen LogP contribution is -2.37. The molecule has 4 heterocycles. The summed E-state index contributed by atoms with van der Waals surface area (Å²) in [6, 6.07) is 7.25. The van der Waals surface area contributed by atoms with Gasteiger partial charge in [-0.25, -0.2) is 9.97 Å². The molecule has 5 N–H and O–H groups in total. The monoisotopic (exact) mass is 770 g/mol. The van der Waals surface area contributed by atoms with Crippen molar-refractivity contribution in [2.24, 2.45) is 0 Å². The van der Waals surface area contributed by atoms with Crippen LogP contribution in [0.4, 0.5) is 21.8 Å². The van der Waals surface area contributed by atoms with Crippen molar-refractivity contribution in [3.63, 3.8) is 0 Å². The highest BCUT2D eigenvalue weighted by Gasteiger charge is 2.43. The van der Waals surface area contributed by atoms with Crippen LogP contribution < -0.4 is 20.9 Å². The maximum Gasteiger partial charge on any atom is 0.215 e. The van der Waals surface area contributed by atoms with Crippen LogP contribution in [0.25, 0.3) is 0 Å².